The predicted octanol–water partition coefficient (Wildman–Crippen LogP) is 6.76. The van der Waals surface area contributed by atoms with Gasteiger partial charge in [0.25, 0.3) is 5.91 Å². The minimum atomic E-state index is -0.0678. The van der Waals surface area contributed by atoms with Crippen molar-refractivity contribution in [2.75, 3.05) is 14.1 Å². The van der Waals surface area contributed by atoms with Gasteiger partial charge in [0.05, 0.1) is 5.56 Å². The molecule has 4 rings (SSSR count). The lowest BCUT2D eigenvalue weighted by atomic mass is 9.75. The van der Waals surface area contributed by atoms with Gasteiger partial charge in [0.2, 0.25) is 0 Å². The minimum absolute atomic E-state index is 0.0653. The topological polar surface area (TPSA) is 45.2 Å². The van der Waals surface area contributed by atoms with E-state index in [2.05, 4.69) is 41.4 Å². The Balaban J connectivity index is 1.41. The third-order valence-electron chi connectivity index (χ3n) is 6.67. The van der Waals surface area contributed by atoms with E-state index in [9.17, 15) is 4.79 Å². The molecular weight excluding hydrogens is 485 g/mol. The van der Waals surface area contributed by atoms with Crippen molar-refractivity contribution in [2.24, 2.45) is 0 Å². The Kier molecular flexibility index (Phi) is 8.20. The van der Waals surface area contributed by atoms with E-state index in [1.165, 1.54) is 17.3 Å². The van der Waals surface area contributed by atoms with Crippen molar-refractivity contribution in [1.82, 2.24) is 15.2 Å². The highest BCUT2D eigenvalue weighted by molar-refractivity contribution is 7.99. The maximum absolute atomic E-state index is 13.2. The first-order chi connectivity index (χ1) is 16.3. The maximum atomic E-state index is 13.2. The van der Waals surface area contributed by atoms with Gasteiger partial charge in [-0.3, -0.25) is 4.79 Å². The number of pyridine rings is 1. The molecule has 1 amide bonds. The molecule has 34 heavy (non-hydrogen) atoms. The van der Waals surface area contributed by atoms with Crippen LogP contribution in [0, 0.1) is 0 Å². The van der Waals surface area contributed by atoms with Crippen LogP contribution in [-0.4, -0.2) is 41.5 Å². The highest BCUT2D eigenvalue weighted by Crippen LogP contribution is 2.36. The molecule has 1 aliphatic carbocycles. The van der Waals surface area contributed by atoms with Gasteiger partial charge in [-0.25, -0.2) is 4.98 Å². The predicted molar refractivity (Wildman–Crippen MR) is 141 cm³/mol. The van der Waals surface area contributed by atoms with Crippen molar-refractivity contribution < 1.29 is 4.79 Å². The van der Waals surface area contributed by atoms with Crippen molar-refractivity contribution in [3.63, 3.8) is 0 Å². The number of carbonyl (C=O) groups excluding carboxylic acids is 1. The smallest absolute Gasteiger partial charge is 0.254 e. The van der Waals surface area contributed by atoms with E-state index in [1.807, 2.05) is 48.5 Å². The lowest BCUT2D eigenvalue weighted by Gasteiger charge is -2.45. The average molecular weight is 515 g/mol. The Morgan fingerprint density at radius 3 is 2.47 bits per heavy atom. The molecule has 2 aromatic carbocycles. The number of hydrogen-bond acceptors (Lipinski definition) is 4. The second-order valence-electron chi connectivity index (χ2n) is 9.09. The van der Waals surface area contributed by atoms with Crippen LogP contribution in [0.2, 0.25) is 10.0 Å². The van der Waals surface area contributed by atoms with Crippen LogP contribution in [0.25, 0.3) is 0 Å². The summed E-state index contributed by atoms with van der Waals surface area (Å²) >= 11 is 13.7. The summed E-state index contributed by atoms with van der Waals surface area (Å²) < 4.78 is 0. The second kappa shape index (κ2) is 11.1. The summed E-state index contributed by atoms with van der Waals surface area (Å²) in [6.07, 6.45) is 6.56. The Morgan fingerprint density at radius 2 is 1.79 bits per heavy atom. The fourth-order valence-corrected chi connectivity index (χ4v) is 5.85. The zero-order valence-electron chi connectivity index (χ0n) is 19.4. The molecule has 0 unspecified atom stereocenters. The van der Waals surface area contributed by atoms with E-state index in [0.29, 0.717) is 15.6 Å². The van der Waals surface area contributed by atoms with Crippen LogP contribution < -0.4 is 5.32 Å². The van der Waals surface area contributed by atoms with Crippen LogP contribution >= 0.6 is 35.0 Å². The lowest BCUT2D eigenvalue weighted by molar-refractivity contribution is 0.0767. The fraction of sp³-hybridized carbons (Fsp3) is 0.333. The van der Waals surface area contributed by atoms with Crippen molar-refractivity contribution in [3.8, 4) is 0 Å². The largest absolute Gasteiger partial charge is 0.349 e. The number of nitrogens with zero attached hydrogens (tertiary/aromatic N) is 2. The third-order valence-corrected chi connectivity index (χ3v) is 8.18. The molecule has 1 heterocycles. The van der Waals surface area contributed by atoms with Crippen molar-refractivity contribution in [2.45, 2.75) is 53.6 Å². The van der Waals surface area contributed by atoms with Crippen molar-refractivity contribution in [1.29, 1.82) is 0 Å². The van der Waals surface area contributed by atoms with Gasteiger partial charge < -0.3 is 10.2 Å². The monoisotopic (exact) mass is 513 g/mol. The van der Waals surface area contributed by atoms with Gasteiger partial charge in [0, 0.05) is 32.7 Å². The number of hydrogen-bond donors (Lipinski definition) is 1. The molecule has 0 spiro atoms. The number of carbonyl (C=O) groups is 1. The summed E-state index contributed by atoms with van der Waals surface area (Å²) in [5, 5.41) is 5.42. The molecule has 1 saturated carbocycles. The number of amides is 1. The molecule has 0 aliphatic heterocycles. The highest BCUT2D eigenvalue weighted by atomic mass is 35.5. The van der Waals surface area contributed by atoms with Gasteiger partial charge in [0.1, 0.15) is 5.03 Å². The van der Waals surface area contributed by atoms with Gasteiger partial charge >= 0.3 is 0 Å². The number of halogens is 2. The molecule has 178 valence electrons. The van der Waals surface area contributed by atoms with Gasteiger partial charge in [-0.1, -0.05) is 47.1 Å². The standard InChI is InChI=1S/C27H29Cl2N3OS/c1-32(2)27(18-19-5-3-6-21(29)17-19)14-12-22(13-15-27)31-25(33)24-7-4-16-30-26(24)34-23-10-8-20(28)9-11-23/h3-11,16-17,22H,12-15,18H2,1-2H3,(H,31,33). The maximum Gasteiger partial charge on any atom is 0.254 e. The Labute approximate surface area is 216 Å². The Morgan fingerprint density at radius 1 is 1.06 bits per heavy atom. The fourth-order valence-electron chi connectivity index (χ4n) is 4.63. The first-order valence-corrected chi connectivity index (χ1v) is 13.0. The zero-order valence-corrected chi connectivity index (χ0v) is 21.8. The molecular formula is C27H29Cl2N3OS. The van der Waals surface area contributed by atoms with E-state index < -0.39 is 0 Å². The van der Waals surface area contributed by atoms with E-state index in [4.69, 9.17) is 23.2 Å². The minimum Gasteiger partial charge on any atom is -0.349 e. The molecule has 1 fully saturated rings. The summed E-state index contributed by atoms with van der Waals surface area (Å²) in [5.41, 5.74) is 1.92. The average Bonchev–Trinajstić information content (AvgIpc) is 2.82. The number of likely N-dealkylation sites (N-methyl/N-ethyl adjacent to an activating group) is 1. The van der Waals surface area contributed by atoms with Crippen LogP contribution in [0.1, 0.15) is 41.6 Å². The first kappa shape index (κ1) is 25.1. The number of benzene rings is 2. The summed E-state index contributed by atoms with van der Waals surface area (Å²) in [4.78, 5) is 21.0. The van der Waals surface area contributed by atoms with Gasteiger partial charge in [-0.05, 0) is 100 Å². The summed E-state index contributed by atoms with van der Waals surface area (Å²) in [6, 6.07) is 19.5. The molecule has 0 saturated heterocycles. The normalized spacial score (nSPS) is 20.3. The summed E-state index contributed by atoms with van der Waals surface area (Å²) in [5.74, 6) is -0.0678. The van der Waals surface area contributed by atoms with E-state index >= 15 is 0 Å². The van der Waals surface area contributed by atoms with E-state index in [-0.39, 0.29) is 17.5 Å². The third kappa shape index (κ3) is 6.14. The molecule has 1 N–H and O–H groups in total. The van der Waals surface area contributed by atoms with Crippen LogP contribution in [0.5, 0.6) is 0 Å². The van der Waals surface area contributed by atoms with Crippen LogP contribution in [0.4, 0.5) is 0 Å². The molecule has 4 nitrogen and oxygen atoms in total. The Hall–Kier alpha value is -2.05. The van der Waals surface area contributed by atoms with E-state index in [1.54, 1.807) is 6.20 Å². The quantitative estimate of drug-likeness (QED) is 0.379. The number of rotatable bonds is 7. The molecule has 7 heteroatoms. The zero-order chi connectivity index (χ0) is 24.1. The van der Waals surface area contributed by atoms with Crippen LogP contribution in [0.15, 0.2) is 76.8 Å². The lowest BCUT2D eigenvalue weighted by Crippen LogP contribution is -2.52. The summed E-state index contributed by atoms with van der Waals surface area (Å²) in [7, 11) is 4.30. The van der Waals surface area contributed by atoms with Crippen LogP contribution in [-0.2, 0) is 6.42 Å². The first-order valence-electron chi connectivity index (χ1n) is 11.5. The molecule has 1 aromatic heterocycles. The SMILES string of the molecule is CN(C)C1(Cc2cccc(Cl)c2)CCC(NC(=O)c2cccnc2Sc2ccc(Cl)cc2)CC1. The number of aromatic nitrogens is 1. The number of nitrogens with one attached hydrogen (secondary N) is 1. The van der Waals surface area contributed by atoms with Crippen molar-refractivity contribution >= 4 is 40.9 Å². The van der Waals surface area contributed by atoms with E-state index in [0.717, 1.165) is 42.0 Å². The highest BCUT2D eigenvalue weighted by Gasteiger charge is 2.37. The molecule has 3 aromatic rings. The Bertz CT molecular complexity index is 1130. The second-order valence-corrected chi connectivity index (χ2v) is 11.0. The van der Waals surface area contributed by atoms with Gasteiger partial charge in [0.15, 0.2) is 0 Å². The van der Waals surface area contributed by atoms with Crippen molar-refractivity contribution in [3.05, 3.63) is 88.0 Å². The van der Waals surface area contributed by atoms with Gasteiger partial charge in [-0.15, -0.1) is 0 Å². The molecule has 0 atom stereocenters. The summed E-state index contributed by atoms with van der Waals surface area (Å²) in [6.45, 7) is 0. The molecule has 0 radical (unpaired) electrons. The van der Waals surface area contributed by atoms with Gasteiger partial charge in [-0.2, -0.15) is 0 Å². The molecule has 0 bridgehead atoms. The van der Waals surface area contributed by atoms with Crippen LogP contribution in [0.3, 0.4) is 0 Å². The molecule has 1 aliphatic rings.